The summed E-state index contributed by atoms with van der Waals surface area (Å²) in [4.78, 5) is 21.2. The summed E-state index contributed by atoms with van der Waals surface area (Å²) in [6, 6.07) is 22.1. The standard InChI is InChI=1S/C41H54N4O4S/c1-6-8-23-48-24-25-49-37-16-11-32(12-17-37)33-13-20-39-35(26-33)27-34(10-9-22-44(39)29-31(3)4)41(46)43-36-14-18-38(19-15-36)50(5,47)40-28-42-30-45(40)21-7-2/h11-20,26-28,30-31,50H,6-10,21-25,29H2,1-5H3,(H,43,46)/b34-27+. The molecular weight excluding hydrogens is 645 g/mol. The summed E-state index contributed by atoms with van der Waals surface area (Å²) in [5.74, 6) is 1.21. The molecule has 8 nitrogen and oxygen atoms in total. The number of amides is 1. The zero-order chi connectivity index (χ0) is 35.5. The predicted octanol–water partition coefficient (Wildman–Crippen LogP) is 8.50. The number of aryl methyl sites for hydroxylation is 1. The van der Waals surface area contributed by atoms with E-state index in [2.05, 4.69) is 79.3 Å². The summed E-state index contributed by atoms with van der Waals surface area (Å²) in [5, 5.41) is 3.86. The maximum atomic E-state index is 13.9. The van der Waals surface area contributed by atoms with Gasteiger partial charge in [0.1, 0.15) is 17.4 Å². The van der Waals surface area contributed by atoms with E-state index in [9.17, 15) is 9.00 Å². The summed E-state index contributed by atoms with van der Waals surface area (Å²) >= 11 is 0. The van der Waals surface area contributed by atoms with E-state index >= 15 is 0 Å². The van der Waals surface area contributed by atoms with Crippen molar-refractivity contribution in [3.8, 4) is 16.9 Å². The second-order valence-corrected chi connectivity index (χ2v) is 16.4. The minimum Gasteiger partial charge on any atom is -0.491 e. The number of fused-ring (bicyclic) bond motifs is 1. The Balaban J connectivity index is 1.34. The lowest BCUT2D eigenvalue weighted by molar-refractivity contribution is -0.112. The van der Waals surface area contributed by atoms with Crippen molar-refractivity contribution in [2.45, 2.75) is 76.3 Å². The Bertz CT molecular complexity index is 1780. The van der Waals surface area contributed by atoms with E-state index in [1.54, 1.807) is 18.8 Å². The Morgan fingerprint density at radius 3 is 2.44 bits per heavy atom. The highest BCUT2D eigenvalue weighted by atomic mass is 32.2. The van der Waals surface area contributed by atoms with Crippen LogP contribution in [0.5, 0.6) is 5.75 Å². The summed E-state index contributed by atoms with van der Waals surface area (Å²) in [5.41, 5.74) is 5.76. The van der Waals surface area contributed by atoms with Gasteiger partial charge in [0, 0.05) is 48.1 Å². The SMILES string of the molecule is CCCCOCCOc1ccc(-c2ccc3c(c2)/C=C(/C(=O)Nc2ccc([SH](C)(=O)c4cncn4CCC)cc2)CCCN3CC(C)C)cc1. The quantitative estimate of drug-likeness (QED) is 0.0902. The molecule has 0 atom stereocenters. The van der Waals surface area contributed by atoms with Crippen LogP contribution in [0.3, 0.4) is 0 Å². The van der Waals surface area contributed by atoms with Gasteiger partial charge in [-0.05, 0) is 119 Å². The van der Waals surface area contributed by atoms with Crippen molar-refractivity contribution in [3.63, 3.8) is 0 Å². The lowest BCUT2D eigenvalue weighted by atomic mass is 9.96. The first-order valence-electron chi connectivity index (χ1n) is 18.1. The van der Waals surface area contributed by atoms with E-state index in [1.807, 2.05) is 41.0 Å². The van der Waals surface area contributed by atoms with Crippen LogP contribution in [0, 0.1) is 5.92 Å². The third-order valence-corrected chi connectivity index (χ3v) is 11.5. The number of hydrogen-bond donors (Lipinski definition) is 2. The average Bonchev–Trinajstić information content (AvgIpc) is 3.58. The molecule has 1 aliphatic heterocycles. The van der Waals surface area contributed by atoms with Crippen molar-refractivity contribution < 1.29 is 18.5 Å². The lowest BCUT2D eigenvalue weighted by Crippen LogP contribution is -2.30. The minimum atomic E-state index is -2.84. The molecule has 5 rings (SSSR count). The molecule has 4 aromatic rings. The van der Waals surface area contributed by atoms with Gasteiger partial charge in [-0.15, -0.1) is 0 Å². The fourth-order valence-corrected chi connectivity index (χ4v) is 8.26. The summed E-state index contributed by atoms with van der Waals surface area (Å²) in [6.07, 6.45) is 12.0. The number of unbranched alkanes of at least 4 members (excludes halogenated alkanes) is 1. The molecule has 0 radical (unpaired) electrons. The molecule has 0 spiro atoms. The number of benzene rings is 3. The number of thiol groups is 1. The average molecular weight is 699 g/mol. The molecule has 0 saturated heterocycles. The highest BCUT2D eigenvalue weighted by Crippen LogP contribution is 2.34. The van der Waals surface area contributed by atoms with Crippen LogP contribution in [0.1, 0.15) is 65.4 Å². The first-order valence-corrected chi connectivity index (χ1v) is 20.3. The number of nitrogens with zero attached hydrogens (tertiary/aromatic N) is 3. The van der Waals surface area contributed by atoms with Gasteiger partial charge in [-0.1, -0.05) is 52.3 Å². The van der Waals surface area contributed by atoms with Gasteiger partial charge in [-0.25, -0.2) is 4.98 Å². The van der Waals surface area contributed by atoms with Gasteiger partial charge in [-0.2, -0.15) is 0 Å². The lowest BCUT2D eigenvalue weighted by Gasteiger charge is -2.30. The van der Waals surface area contributed by atoms with Crippen LogP contribution in [-0.4, -0.2) is 58.8 Å². The van der Waals surface area contributed by atoms with Gasteiger partial charge in [0.05, 0.1) is 19.1 Å². The maximum Gasteiger partial charge on any atom is 0.251 e. The highest BCUT2D eigenvalue weighted by molar-refractivity contribution is 8.02. The second-order valence-electron chi connectivity index (χ2n) is 13.6. The maximum absolute atomic E-state index is 13.9. The van der Waals surface area contributed by atoms with Crippen molar-refractivity contribution in [3.05, 3.63) is 90.4 Å². The molecule has 3 aromatic carbocycles. The minimum absolute atomic E-state index is 0.118. The van der Waals surface area contributed by atoms with Crippen molar-refractivity contribution in [2.75, 3.05) is 49.4 Å². The molecule has 268 valence electrons. The van der Waals surface area contributed by atoms with Crippen LogP contribution in [0.4, 0.5) is 11.4 Å². The number of rotatable bonds is 16. The van der Waals surface area contributed by atoms with Crippen molar-refractivity contribution in [1.82, 2.24) is 9.55 Å². The van der Waals surface area contributed by atoms with E-state index in [-0.39, 0.29) is 5.91 Å². The molecule has 0 aliphatic carbocycles. The molecule has 9 heteroatoms. The summed E-state index contributed by atoms with van der Waals surface area (Å²) in [7, 11) is -2.84. The number of ether oxygens (including phenoxy) is 2. The van der Waals surface area contributed by atoms with Crippen LogP contribution < -0.4 is 15.0 Å². The Morgan fingerprint density at radius 2 is 1.72 bits per heavy atom. The van der Waals surface area contributed by atoms with Crippen molar-refractivity contribution in [1.29, 1.82) is 0 Å². The molecule has 2 heterocycles. The molecular formula is C41H54N4O4S. The van der Waals surface area contributed by atoms with E-state index in [1.165, 1.54) is 0 Å². The van der Waals surface area contributed by atoms with Gasteiger partial charge in [0.25, 0.3) is 5.91 Å². The summed E-state index contributed by atoms with van der Waals surface area (Å²) in [6.45, 7) is 13.2. The number of imidazole rings is 1. The third-order valence-electron chi connectivity index (χ3n) is 8.99. The number of carbonyl (C=O) groups excluding carboxylic acids is 1. The molecule has 1 N–H and O–H groups in total. The Morgan fingerprint density at radius 1 is 0.960 bits per heavy atom. The zero-order valence-corrected chi connectivity index (χ0v) is 31.3. The molecule has 1 amide bonds. The van der Waals surface area contributed by atoms with Gasteiger partial charge in [-0.3, -0.25) is 9.00 Å². The van der Waals surface area contributed by atoms with Gasteiger partial charge < -0.3 is 24.3 Å². The van der Waals surface area contributed by atoms with E-state index in [0.717, 1.165) is 95.5 Å². The highest BCUT2D eigenvalue weighted by Gasteiger charge is 2.21. The predicted molar refractivity (Wildman–Crippen MR) is 207 cm³/mol. The molecule has 0 unspecified atom stereocenters. The van der Waals surface area contributed by atoms with E-state index < -0.39 is 9.93 Å². The van der Waals surface area contributed by atoms with Crippen LogP contribution in [0.25, 0.3) is 17.2 Å². The smallest absolute Gasteiger partial charge is 0.251 e. The zero-order valence-electron chi connectivity index (χ0n) is 30.4. The Labute approximate surface area is 299 Å². The van der Waals surface area contributed by atoms with Crippen LogP contribution in [0.2, 0.25) is 0 Å². The largest absolute Gasteiger partial charge is 0.491 e. The first kappa shape index (κ1) is 37.1. The Kier molecular flexibility index (Phi) is 13.1. The molecule has 0 fully saturated rings. The molecule has 0 saturated carbocycles. The van der Waals surface area contributed by atoms with Gasteiger partial charge in [0.2, 0.25) is 0 Å². The molecule has 50 heavy (non-hydrogen) atoms. The number of carbonyl (C=O) groups is 1. The normalized spacial score (nSPS) is 14.8. The van der Waals surface area contributed by atoms with Crippen LogP contribution in [-0.2, 0) is 26.0 Å². The second kappa shape index (κ2) is 17.6. The topological polar surface area (TPSA) is 85.7 Å². The summed E-state index contributed by atoms with van der Waals surface area (Å²) < 4.78 is 27.4. The number of hydrogen-bond acceptors (Lipinski definition) is 6. The fourth-order valence-electron chi connectivity index (χ4n) is 6.35. The van der Waals surface area contributed by atoms with Crippen LogP contribution in [0.15, 0.2) is 94.7 Å². The van der Waals surface area contributed by atoms with Crippen molar-refractivity contribution in [2.24, 2.45) is 5.92 Å². The van der Waals surface area contributed by atoms with E-state index in [4.69, 9.17) is 9.47 Å². The molecule has 1 aliphatic rings. The number of anilines is 2. The van der Waals surface area contributed by atoms with Gasteiger partial charge >= 0.3 is 0 Å². The van der Waals surface area contributed by atoms with Gasteiger partial charge in [0.15, 0.2) is 0 Å². The molecule has 0 bridgehead atoms. The first-order chi connectivity index (χ1) is 24.2. The van der Waals surface area contributed by atoms with Crippen molar-refractivity contribution >= 4 is 33.3 Å². The Hall–Kier alpha value is -4.21. The van der Waals surface area contributed by atoms with Crippen LogP contribution >= 0.6 is 0 Å². The fraction of sp³-hybridized carbons (Fsp3) is 0.415. The third kappa shape index (κ3) is 9.52. The monoisotopic (exact) mass is 698 g/mol. The number of nitrogens with one attached hydrogen (secondary N) is 1. The molecule has 1 aromatic heterocycles. The van der Waals surface area contributed by atoms with E-state index in [0.29, 0.717) is 31.2 Å². The number of aromatic nitrogens is 2.